The summed E-state index contributed by atoms with van der Waals surface area (Å²) in [7, 11) is -3.49. The van der Waals surface area contributed by atoms with Gasteiger partial charge in [0, 0.05) is 23.8 Å². The Hall–Kier alpha value is -2.09. The van der Waals surface area contributed by atoms with Crippen LogP contribution in [0.25, 0.3) is 0 Å². The maximum absolute atomic E-state index is 12.8. The Morgan fingerprint density at radius 2 is 1.89 bits per heavy atom. The first-order valence-corrected chi connectivity index (χ1v) is 11.0. The molecule has 1 aliphatic heterocycles. The molecule has 2 aromatic carbocycles. The summed E-state index contributed by atoms with van der Waals surface area (Å²) >= 11 is 5.89. The van der Waals surface area contributed by atoms with E-state index in [0.717, 1.165) is 19.3 Å². The number of amides is 1. The molecular weight excluding hydrogens is 400 g/mol. The number of aryl methyl sites for hydroxylation is 1. The van der Waals surface area contributed by atoms with Crippen LogP contribution in [-0.4, -0.2) is 38.3 Å². The number of ether oxygens (including phenoxy) is 1. The summed E-state index contributed by atoms with van der Waals surface area (Å²) in [5.41, 5.74) is 1.24. The normalized spacial score (nSPS) is 15.2. The number of halogens is 1. The van der Waals surface area contributed by atoms with E-state index in [-0.39, 0.29) is 17.4 Å². The smallest absolute Gasteiger partial charge is 0.262 e. The minimum atomic E-state index is -3.49. The van der Waals surface area contributed by atoms with Crippen molar-refractivity contribution >= 4 is 33.2 Å². The Morgan fingerprint density at radius 3 is 2.57 bits per heavy atom. The maximum Gasteiger partial charge on any atom is 0.262 e. The number of nitrogens with zero attached hydrogens (tertiary/aromatic N) is 1. The van der Waals surface area contributed by atoms with Crippen LogP contribution in [0.5, 0.6) is 5.75 Å². The van der Waals surface area contributed by atoms with Crippen molar-refractivity contribution in [3.05, 3.63) is 53.1 Å². The van der Waals surface area contributed by atoms with Crippen molar-refractivity contribution in [2.24, 2.45) is 0 Å². The molecule has 8 heteroatoms. The van der Waals surface area contributed by atoms with E-state index in [0.29, 0.717) is 35.1 Å². The molecule has 0 atom stereocenters. The average Bonchev–Trinajstić information content (AvgIpc) is 2.67. The lowest BCUT2D eigenvalue weighted by atomic mass is 10.2. The van der Waals surface area contributed by atoms with E-state index in [1.807, 2.05) is 0 Å². The Labute approximate surface area is 170 Å². The third kappa shape index (κ3) is 5.04. The van der Waals surface area contributed by atoms with Crippen LogP contribution in [0.3, 0.4) is 0 Å². The highest BCUT2D eigenvalue weighted by Gasteiger charge is 2.26. The van der Waals surface area contributed by atoms with Gasteiger partial charge in [-0.15, -0.1) is 0 Å². The fraction of sp³-hybridized carbons (Fsp3) is 0.350. The molecule has 1 heterocycles. The van der Waals surface area contributed by atoms with Crippen molar-refractivity contribution in [1.29, 1.82) is 0 Å². The van der Waals surface area contributed by atoms with Gasteiger partial charge in [0.25, 0.3) is 5.91 Å². The quantitative estimate of drug-likeness (QED) is 0.767. The molecule has 1 N–H and O–H groups in total. The zero-order valence-corrected chi connectivity index (χ0v) is 17.2. The predicted octanol–water partition coefficient (Wildman–Crippen LogP) is 3.84. The van der Waals surface area contributed by atoms with Gasteiger partial charge in [-0.25, -0.2) is 8.42 Å². The number of carbonyl (C=O) groups excluding carboxylic acids is 1. The molecule has 150 valence electrons. The van der Waals surface area contributed by atoms with Crippen LogP contribution in [0.1, 0.15) is 24.8 Å². The molecule has 0 saturated carbocycles. The molecular formula is C20H23ClN2O4S. The number of hydrogen-bond donors (Lipinski definition) is 1. The van der Waals surface area contributed by atoms with Gasteiger partial charge >= 0.3 is 0 Å². The number of nitrogens with one attached hydrogen (secondary N) is 1. The Morgan fingerprint density at radius 1 is 1.14 bits per heavy atom. The SMILES string of the molecule is Cc1cc(S(=O)(=O)N2CCCCC2)ccc1OCC(=O)Nc1cccc(Cl)c1. The molecule has 0 aliphatic carbocycles. The number of rotatable bonds is 6. The van der Waals surface area contributed by atoms with Gasteiger partial charge < -0.3 is 10.1 Å². The van der Waals surface area contributed by atoms with Crippen LogP contribution in [0.2, 0.25) is 5.02 Å². The lowest BCUT2D eigenvalue weighted by Gasteiger charge is -2.26. The second kappa shape index (κ2) is 8.94. The monoisotopic (exact) mass is 422 g/mol. The van der Waals surface area contributed by atoms with Gasteiger partial charge in [0.2, 0.25) is 10.0 Å². The minimum Gasteiger partial charge on any atom is -0.483 e. The molecule has 0 spiro atoms. The second-order valence-electron chi connectivity index (χ2n) is 6.74. The van der Waals surface area contributed by atoms with Crippen molar-refractivity contribution in [2.45, 2.75) is 31.1 Å². The number of benzene rings is 2. The third-order valence-electron chi connectivity index (χ3n) is 4.57. The highest BCUT2D eigenvalue weighted by Crippen LogP contribution is 2.26. The summed E-state index contributed by atoms with van der Waals surface area (Å²) in [5, 5.41) is 3.23. The average molecular weight is 423 g/mol. The van der Waals surface area contributed by atoms with Gasteiger partial charge in [-0.1, -0.05) is 24.1 Å². The fourth-order valence-electron chi connectivity index (χ4n) is 3.11. The van der Waals surface area contributed by atoms with Gasteiger partial charge in [-0.3, -0.25) is 4.79 Å². The summed E-state index contributed by atoms with van der Waals surface area (Å²) in [6.07, 6.45) is 2.84. The largest absolute Gasteiger partial charge is 0.483 e. The molecule has 3 rings (SSSR count). The van der Waals surface area contributed by atoms with E-state index in [1.165, 1.54) is 10.4 Å². The fourth-order valence-corrected chi connectivity index (χ4v) is 4.90. The Balaban J connectivity index is 1.63. The molecule has 1 fully saturated rings. The second-order valence-corrected chi connectivity index (χ2v) is 9.11. The van der Waals surface area contributed by atoms with Crippen LogP contribution in [0.4, 0.5) is 5.69 Å². The van der Waals surface area contributed by atoms with Crippen LogP contribution >= 0.6 is 11.6 Å². The first-order chi connectivity index (χ1) is 13.4. The van der Waals surface area contributed by atoms with Gasteiger partial charge in [0.15, 0.2) is 6.61 Å². The molecule has 1 aliphatic rings. The summed E-state index contributed by atoms with van der Waals surface area (Å²) in [5.74, 6) is 0.144. The van der Waals surface area contributed by atoms with Gasteiger partial charge in [0.1, 0.15) is 5.75 Å². The number of anilines is 1. The molecule has 0 unspecified atom stereocenters. The molecule has 6 nitrogen and oxygen atoms in total. The van der Waals surface area contributed by atoms with E-state index in [2.05, 4.69) is 5.32 Å². The molecule has 1 amide bonds. The third-order valence-corrected chi connectivity index (χ3v) is 6.70. The van der Waals surface area contributed by atoms with Crippen LogP contribution < -0.4 is 10.1 Å². The molecule has 2 aromatic rings. The summed E-state index contributed by atoms with van der Waals surface area (Å²) in [6.45, 7) is 2.69. The van der Waals surface area contributed by atoms with Crippen molar-refractivity contribution in [3.8, 4) is 5.75 Å². The number of sulfonamides is 1. The van der Waals surface area contributed by atoms with E-state index < -0.39 is 10.0 Å². The Bertz CT molecular complexity index is 956. The van der Waals surface area contributed by atoms with E-state index in [9.17, 15) is 13.2 Å². The zero-order chi connectivity index (χ0) is 20.1. The van der Waals surface area contributed by atoms with Crippen molar-refractivity contribution in [3.63, 3.8) is 0 Å². The molecule has 0 radical (unpaired) electrons. The van der Waals surface area contributed by atoms with E-state index in [4.69, 9.17) is 16.3 Å². The zero-order valence-electron chi connectivity index (χ0n) is 15.7. The molecule has 1 saturated heterocycles. The number of carbonyl (C=O) groups is 1. The summed E-state index contributed by atoms with van der Waals surface area (Å²) in [6, 6.07) is 11.6. The lowest BCUT2D eigenvalue weighted by molar-refractivity contribution is -0.118. The minimum absolute atomic E-state index is 0.189. The maximum atomic E-state index is 12.8. The first-order valence-electron chi connectivity index (χ1n) is 9.15. The molecule has 0 bridgehead atoms. The highest BCUT2D eigenvalue weighted by atomic mass is 35.5. The van der Waals surface area contributed by atoms with Gasteiger partial charge in [0.05, 0.1) is 4.90 Å². The van der Waals surface area contributed by atoms with E-state index >= 15 is 0 Å². The predicted molar refractivity (Wildman–Crippen MR) is 109 cm³/mol. The van der Waals surface area contributed by atoms with Crippen molar-refractivity contribution in [1.82, 2.24) is 4.31 Å². The van der Waals surface area contributed by atoms with Crippen molar-refractivity contribution in [2.75, 3.05) is 25.0 Å². The molecule has 28 heavy (non-hydrogen) atoms. The van der Waals surface area contributed by atoms with Crippen LogP contribution in [-0.2, 0) is 14.8 Å². The van der Waals surface area contributed by atoms with Gasteiger partial charge in [-0.2, -0.15) is 4.31 Å². The Kier molecular flexibility index (Phi) is 6.59. The first kappa shape index (κ1) is 20.6. The number of piperidine rings is 1. The summed E-state index contributed by atoms with van der Waals surface area (Å²) < 4.78 is 32.6. The van der Waals surface area contributed by atoms with Crippen LogP contribution in [0.15, 0.2) is 47.4 Å². The lowest BCUT2D eigenvalue weighted by Crippen LogP contribution is -2.35. The van der Waals surface area contributed by atoms with Crippen LogP contribution in [0, 0.1) is 6.92 Å². The van der Waals surface area contributed by atoms with E-state index in [1.54, 1.807) is 43.3 Å². The number of hydrogen-bond acceptors (Lipinski definition) is 4. The molecule has 0 aromatic heterocycles. The standard InChI is InChI=1S/C20H23ClN2O4S/c1-15-12-18(28(25,26)23-10-3-2-4-11-23)8-9-19(15)27-14-20(24)22-17-7-5-6-16(21)13-17/h5-9,12-13H,2-4,10-11,14H2,1H3,(H,22,24). The van der Waals surface area contributed by atoms with Crippen molar-refractivity contribution < 1.29 is 17.9 Å². The topological polar surface area (TPSA) is 75.7 Å². The summed E-state index contributed by atoms with van der Waals surface area (Å²) in [4.78, 5) is 12.3. The van der Waals surface area contributed by atoms with Gasteiger partial charge in [-0.05, 0) is 61.7 Å². The highest BCUT2D eigenvalue weighted by molar-refractivity contribution is 7.89.